The summed E-state index contributed by atoms with van der Waals surface area (Å²) in [5.74, 6) is 5.68. The average molecular weight is 182 g/mol. The highest BCUT2D eigenvalue weighted by Gasteiger charge is 2.47. The van der Waals surface area contributed by atoms with Crippen molar-refractivity contribution in [1.29, 1.82) is 0 Å². The van der Waals surface area contributed by atoms with Crippen LogP contribution in [0, 0.1) is 29.6 Å². The van der Waals surface area contributed by atoms with Crippen molar-refractivity contribution in [3.05, 3.63) is 0 Å². The number of hydrogen-bond donors (Lipinski definition) is 0. The highest BCUT2D eigenvalue weighted by molar-refractivity contribution is 7.16. The van der Waals surface area contributed by atoms with Crippen molar-refractivity contribution in [3.8, 4) is 0 Å². The highest BCUT2D eigenvalue weighted by Crippen LogP contribution is 2.56. The van der Waals surface area contributed by atoms with E-state index < -0.39 is 0 Å². The van der Waals surface area contributed by atoms with Crippen LogP contribution in [0.3, 0.4) is 0 Å². The molecule has 0 nitrogen and oxygen atoms in total. The molecule has 68 valence electrons. The number of hydrogen-bond acceptors (Lipinski definition) is 0. The second kappa shape index (κ2) is 2.71. The molecule has 0 N–H and O–H groups in total. The molecule has 0 spiro atoms. The molecule has 12 heavy (non-hydrogen) atoms. The van der Waals surface area contributed by atoms with Crippen LogP contribution in [0.4, 0.5) is 0 Å². The van der Waals surface area contributed by atoms with Crippen molar-refractivity contribution < 1.29 is 0 Å². The van der Waals surface area contributed by atoms with Gasteiger partial charge in [0.25, 0.3) is 0 Å². The molecule has 0 saturated heterocycles. The summed E-state index contributed by atoms with van der Waals surface area (Å²) in [5, 5.41) is 0. The summed E-state index contributed by atoms with van der Waals surface area (Å²) >= 11 is 0. The third kappa shape index (κ3) is 1.00. The Morgan fingerprint density at radius 3 is 1.75 bits per heavy atom. The van der Waals surface area contributed by atoms with Gasteiger partial charge in [0.2, 0.25) is 0 Å². The van der Waals surface area contributed by atoms with Gasteiger partial charge < -0.3 is 0 Å². The van der Waals surface area contributed by atoms with E-state index in [2.05, 4.69) is 9.24 Å². The molecule has 4 aliphatic rings. The Morgan fingerprint density at radius 1 is 0.833 bits per heavy atom. The van der Waals surface area contributed by atoms with Crippen molar-refractivity contribution in [3.63, 3.8) is 0 Å². The third-order valence-electron chi connectivity index (χ3n) is 4.69. The molecule has 1 atom stereocenters. The fourth-order valence-electron chi connectivity index (χ4n) is 4.42. The van der Waals surface area contributed by atoms with Crippen molar-refractivity contribution >= 4 is 9.24 Å². The summed E-state index contributed by atoms with van der Waals surface area (Å²) in [5.41, 5.74) is 0. The lowest BCUT2D eigenvalue weighted by Crippen LogP contribution is -2.45. The van der Waals surface area contributed by atoms with Gasteiger partial charge in [-0.15, -0.1) is 9.24 Å². The smallest absolute Gasteiger partial charge is 0.0322 e. The van der Waals surface area contributed by atoms with Crippen molar-refractivity contribution in [2.24, 2.45) is 29.6 Å². The van der Waals surface area contributed by atoms with E-state index in [9.17, 15) is 0 Å². The van der Waals surface area contributed by atoms with Crippen LogP contribution in [0.15, 0.2) is 0 Å². The summed E-state index contributed by atoms with van der Waals surface area (Å²) in [6, 6.07) is 0. The molecule has 0 aromatic carbocycles. The molecule has 4 aliphatic carbocycles. The Kier molecular flexibility index (Phi) is 1.76. The first-order valence-corrected chi connectivity index (χ1v) is 6.38. The quantitative estimate of drug-likeness (QED) is 0.547. The SMILES string of the molecule is PCC1C2CC3CC(C2)CC1C3. The summed E-state index contributed by atoms with van der Waals surface area (Å²) in [6.07, 6.45) is 9.33. The zero-order valence-electron chi connectivity index (χ0n) is 7.71. The van der Waals surface area contributed by atoms with Crippen LogP contribution < -0.4 is 0 Å². The lowest BCUT2D eigenvalue weighted by atomic mass is 9.52. The number of rotatable bonds is 1. The minimum atomic E-state index is 1.10. The van der Waals surface area contributed by atoms with Crippen LogP contribution >= 0.6 is 9.24 Å². The van der Waals surface area contributed by atoms with Gasteiger partial charge in [0, 0.05) is 0 Å². The predicted octanol–water partition coefficient (Wildman–Crippen LogP) is 2.93. The second-order valence-corrected chi connectivity index (χ2v) is 5.80. The maximum absolute atomic E-state index is 2.98. The van der Waals surface area contributed by atoms with Gasteiger partial charge in [-0.3, -0.25) is 0 Å². The van der Waals surface area contributed by atoms with E-state index in [0.29, 0.717) is 0 Å². The Morgan fingerprint density at radius 2 is 1.33 bits per heavy atom. The van der Waals surface area contributed by atoms with Gasteiger partial charge in [-0.1, -0.05) is 0 Å². The summed E-state index contributed by atoms with van der Waals surface area (Å²) in [6.45, 7) is 0. The summed E-state index contributed by atoms with van der Waals surface area (Å²) < 4.78 is 0. The first-order chi connectivity index (χ1) is 5.86. The van der Waals surface area contributed by atoms with Gasteiger partial charge in [-0.25, -0.2) is 0 Å². The summed E-state index contributed by atoms with van der Waals surface area (Å²) in [7, 11) is 2.98. The van der Waals surface area contributed by atoms with Crippen LogP contribution in [0.25, 0.3) is 0 Å². The average Bonchev–Trinajstić information content (AvgIpc) is 2.02. The zero-order chi connectivity index (χ0) is 8.13. The molecule has 0 radical (unpaired) electrons. The van der Waals surface area contributed by atoms with Gasteiger partial charge in [-0.2, -0.15) is 0 Å². The molecule has 4 saturated carbocycles. The zero-order valence-corrected chi connectivity index (χ0v) is 8.86. The maximum atomic E-state index is 2.98. The molecule has 0 heterocycles. The van der Waals surface area contributed by atoms with E-state index in [1.165, 1.54) is 6.16 Å². The summed E-state index contributed by atoms with van der Waals surface area (Å²) in [4.78, 5) is 0. The molecule has 1 unspecified atom stereocenters. The van der Waals surface area contributed by atoms with E-state index in [-0.39, 0.29) is 0 Å². The van der Waals surface area contributed by atoms with E-state index >= 15 is 0 Å². The minimum Gasteiger partial charge on any atom is -0.137 e. The van der Waals surface area contributed by atoms with Gasteiger partial charge in [0.05, 0.1) is 0 Å². The molecule has 0 amide bonds. The van der Waals surface area contributed by atoms with Gasteiger partial charge in [-0.05, 0) is 67.9 Å². The van der Waals surface area contributed by atoms with Crippen molar-refractivity contribution in [2.75, 3.05) is 6.16 Å². The monoisotopic (exact) mass is 182 g/mol. The van der Waals surface area contributed by atoms with Crippen LogP contribution in [0.5, 0.6) is 0 Å². The Balaban J connectivity index is 1.86. The molecular formula is C11H19P. The van der Waals surface area contributed by atoms with E-state index in [4.69, 9.17) is 0 Å². The molecule has 1 heteroatoms. The third-order valence-corrected chi connectivity index (χ3v) is 5.24. The van der Waals surface area contributed by atoms with Gasteiger partial charge in [0.15, 0.2) is 0 Å². The normalized spacial score (nSPS) is 56.2. The fraction of sp³-hybridized carbons (Fsp3) is 1.00. The van der Waals surface area contributed by atoms with Gasteiger partial charge in [0.1, 0.15) is 0 Å². The second-order valence-electron chi connectivity index (χ2n) is 5.33. The van der Waals surface area contributed by atoms with Gasteiger partial charge >= 0.3 is 0 Å². The van der Waals surface area contributed by atoms with E-state index in [1.807, 2.05) is 0 Å². The molecule has 4 bridgehead atoms. The fourth-order valence-corrected chi connectivity index (χ4v) is 5.19. The highest BCUT2D eigenvalue weighted by atomic mass is 31.0. The molecule has 4 fully saturated rings. The van der Waals surface area contributed by atoms with Crippen molar-refractivity contribution in [2.45, 2.75) is 32.1 Å². The van der Waals surface area contributed by atoms with Crippen LogP contribution in [0.2, 0.25) is 0 Å². The minimum absolute atomic E-state index is 1.10. The Hall–Kier alpha value is 0.430. The first-order valence-electron chi connectivity index (χ1n) is 5.57. The van der Waals surface area contributed by atoms with Crippen molar-refractivity contribution in [1.82, 2.24) is 0 Å². The lowest BCUT2D eigenvalue weighted by Gasteiger charge is -2.54. The standard InChI is InChI=1S/C11H19P/c12-6-11-9-2-7-1-8(4-9)5-10(11)3-7/h7-11H,1-6,12H2. The van der Waals surface area contributed by atoms with Crippen LogP contribution in [-0.4, -0.2) is 6.16 Å². The molecule has 0 aromatic heterocycles. The molecule has 4 rings (SSSR count). The van der Waals surface area contributed by atoms with Crippen LogP contribution in [-0.2, 0) is 0 Å². The Bertz CT molecular complexity index is 159. The first kappa shape index (κ1) is 7.80. The molecular weight excluding hydrogens is 163 g/mol. The van der Waals surface area contributed by atoms with E-state index in [1.54, 1.807) is 32.1 Å². The van der Waals surface area contributed by atoms with E-state index in [0.717, 1.165) is 29.6 Å². The topological polar surface area (TPSA) is 0 Å². The molecule has 0 aromatic rings. The lowest BCUT2D eigenvalue weighted by molar-refractivity contribution is -0.0262. The maximum Gasteiger partial charge on any atom is -0.0322 e. The Labute approximate surface area is 77.7 Å². The largest absolute Gasteiger partial charge is 0.137 e. The van der Waals surface area contributed by atoms with Crippen LogP contribution in [0.1, 0.15) is 32.1 Å². The predicted molar refractivity (Wildman–Crippen MR) is 55.1 cm³/mol. The molecule has 0 aliphatic heterocycles.